The molecular formula is C22H33N3O2. The SMILES string of the molecule is CCNC(=NCC(O)COCC(C)C)NC(C)c1cccc2ccccc12. The van der Waals surface area contributed by atoms with E-state index in [1.807, 2.05) is 6.92 Å². The van der Waals surface area contributed by atoms with Gasteiger partial charge in [-0.25, -0.2) is 0 Å². The Balaban J connectivity index is 2.01. The fraction of sp³-hybridized carbons (Fsp3) is 0.500. The van der Waals surface area contributed by atoms with Gasteiger partial charge in [0.2, 0.25) is 0 Å². The number of ether oxygens (including phenoxy) is 1. The van der Waals surface area contributed by atoms with Crippen molar-refractivity contribution >= 4 is 16.7 Å². The van der Waals surface area contributed by atoms with Crippen molar-refractivity contribution in [3.63, 3.8) is 0 Å². The summed E-state index contributed by atoms with van der Waals surface area (Å²) in [4.78, 5) is 4.52. The van der Waals surface area contributed by atoms with Crippen LogP contribution in [-0.4, -0.2) is 43.5 Å². The van der Waals surface area contributed by atoms with Crippen molar-refractivity contribution in [1.29, 1.82) is 0 Å². The normalized spacial score (nSPS) is 14.4. The molecule has 0 aliphatic carbocycles. The number of hydrogen-bond acceptors (Lipinski definition) is 3. The maximum Gasteiger partial charge on any atom is 0.191 e. The summed E-state index contributed by atoms with van der Waals surface area (Å²) in [5.41, 5.74) is 1.22. The minimum atomic E-state index is -0.605. The quantitative estimate of drug-likeness (QED) is 0.466. The molecule has 0 saturated heterocycles. The van der Waals surface area contributed by atoms with Crippen LogP contribution >= 0.6 is 0 Å². The van der Waals surface area contributed by atoms with Crippen LogP contribution in [0.5, 0.6) is 0 Å². The number of guanidine groups is 1. The number of aliphatic hydroxyl groups excluding tert-OH is 1. The molecule has 0 aromatic heterocycles. The second kappa shape index (κ2) is 10.9. The van der Waals surface area contributed by atoms with Gasteiger partial charge < -0.3 is 20.5 Å². The van der Waals surface area contributed by atoms with Gasteiger partial charge in [0.25, 0.3) is 0 Å². The molecule has 0 bridgehead atoms. The van der Waals surface area contributed by atoms with E-state index in [2.05, 4.69) is 78.9 Å². The van der Waals surface area contributed by atoms with E-state index in [4.69, 9.17) is 4.74 Å². The highest BCUT2D eigenvalue weighted by Gasteiger charge is 2.12. The lowest BCUT2D eigenvalue weighted by Crippen LogP contribution is -2.39. The highest BCUT2D eigenvalue weighted by atomic mass is 16.5. The van der Waals surface area contributed by atoms with Crippen LogP contribution in [0, 0.1) is 5.92 Å². The molecule has 27 heavy (non-hydrogen) atoms. The molecule has 2 aromatic rings. The van der Waals surface area contributed by atoms with Gasteiger partial charge in [0.15, 0.2) is 5.96 Å². The number of nitrogens with zero attached hydrogens (tertiary/aromatic N) is 1. The molecule has 0 radical (unpaired) electrons. The minimum Gasteiger partial charge on any atom is -0.389 e. The molecule has 0 heterocycles. The maximum absolute atomic E-state index is 10.1. The standard InChI is InChI=1S/C22H33N3O2/c1-5-23-22(24-13-19(26)15-27-14-16(2)3)25-17(4)20-12-8-10-18-9-6-7-11-21(18)20/h6-12,16-17,19,26H,5,13-15H2,1-4H3,(H2,23,24,25). The highest BCUT2D eigenvalue weighted by Crippen LogP contribution is 2.23. The first-order valence-electron chi connectivity index (χ1n) is 9.79. The number of benzene rings is 2. The summed E-state index contributed by atoms with van der Waals surface area (Å²) in [6, 6.07) is 14.8. The first-order chi connectivity index (χ1) is 13.0. The van der Waals surface area contributed by atoms with Crippen molar-refractivity contribution in [3.05, 3.63) is 48.0 Å². The predicted molar refractivity (Wildman–Crippen MR) is 113 cm³/mol. The van der Waals surface area contributed by atoms with Crippen LogP contribution in [0.4, 0.5) is 0 Å². The van der Waals surface area contributed by atoms with Gasteiger partial charge in [0.1, 0.15) is 0 Å². The number of nitrogens with one attached hydrogen (secondary N) is 2. The molecule has 2 unspecified atom stereocenters. The smallest absolute Gasteiger partial charge is 0.191 e. The Morgan fingerprint density at radius 3 is 2.56 bits per heavy atom. The minimum absolute atomic E-state index is 0.0863. The third kappa shape index (κ3) is 6.85. The summed E-state index contributed by atoms with van der Waals surface area (Å²) < 4.78 is 5.49. The van der Waals surface area contributed by atoms with E-state index in [1.54, 1.807) is 0 Å². The Morgan fingerprint density at radius 2 is 1.81 bits per heavy atom. The Labute approximate surface area is 162 Å². The van der Waals surface area contributed by atoms with Crippen LogP contribution in [0.2, 0.25) is 0 Å². The van der Waals surface area contributed by atoms with Gasteiger partial charge in [0, 0.05) is 13.2 Å². The molecule has 2 atom stereocenters. The van der Waals surface area contributed by atoms with Gasteiger partial charge in [0.05, 0.1) is 25.3 Å². The van der Waals surface area contributed by atoms with Gasteiger partial charge in [-0.2, -0.15) is 0 Å². The molecule has 0 saturated carbocycles. The lowest BCUT2D eigenvalue weighted by Gasteiger charge is -2.20. The Morgan fingerprint density at radius 1 is 1.07 bits per heavy atom. The van der Waals surface area contributed by atoms with Gasteiger partial charge in [-0.05, 0) is 36.1 Å². The topological polar surface area (TPSA) is 65.9 Å². The van der Waals surface area contributed by atoms with Crippen molar-refractivity contribution in [1.82, 2.24) is 10.6 Å². The number of aliphatic hydroxyl groups is 1. The first kappa shape index (κ1) is 21.2. The van der Waals surface area contributed by atoms with Crippen molar-refractivity contribution in [2.45, 2.75) is 39.8 Å². The number of rotatable bonds is 9. The van der Waals surface area contributed by atoms with Crippen molar-refractivity contribution in [2.24, 2.45) is 10.9 Å². The van der Waals surface area contributed by atoms with Crippen molar-refractivity contribution < 1.29 is 9.84 Å². The fourth-order valence-electron chi connectivity index (χ4n) is 2.92. The summed E-state index contributed by atoms with van der Waals surface area (Å²) in [6.45, 7) is 10.3. The van der Waals surface area contributed by atoms with Crippen LogP contribution in [0.25, 0.3) is 10.8 Å². The van der Waals surface area contributed by atoms with Gasteiger partial charge in [-0.15, -0.1) is 0 Å². The van der Waals surface area contributed by atoms with Gasteiger partial charge >= 0.3 is 0 Å². The van der Waals surface area contributed by atoms with Crippen LogP contribution in [0.15, 0.2) is 47.5 Å². The molecule has 5 heteroatoms. The Kier molecular flexibility index (Phi) is 8.55. The van der Waals surface area contributed by atoms with Crippen LogP contribution < -0.4 is 10.6 Å². The van der Waals surface area contributed by atoms with E-state index < -0.39 is 6.10 Å². The number of hydrogen-bond donors (Lipinski definition) is 3. The molecule has 0 aliphatic heterocycles. The predicted octanol–water partition coefficient (Wildman–Crippen LogP) is 3.49. The van der Waals surface area contributed by atoms with Crippen molar-refractivity contribution in [2.75, 3.05) is 26.3 Å². The van der Waals surface area contributed by atoms with Crippen molar-refractivity contribution in [3.8, 4) is 0 Å². The molecule has 2 aromatic carbocycles. The third-order valence-corrected chi connectivity index (χ3v) is 4.21. The highest BCUT2D eigenvalue weighted by molar-refractivity contribution is 5.87. The summed E-state index contributed by atoms with van der Waals surface area (Å²) in [7, 11) is 0. The number of fused-ring (bicyclic) bond motifs is 1. The second-order valence-electron chi connectivity index (χ2n) is 7.24. The molecule has 0 aliphatic rings. The van der Waals surface area contributed by atoms with E-state index >= 15 is 0 Å². The lowest BCUT2D eigenvalue weighted by molar-refractivity contribution is 0.0301. The monoisotopic (exact) mass is 371 g/mol. The summed E-state index contributed by atoms with van der Waals surface area (Å²) in [5.74, 6) is 1.15. The summed E-state index contributed by atoms with van der Waals surface area (Å²) >= 11 is 0. The third-order valence-electron chi connectivity index (χ3n) is 4.21. The maximum atomic E-state index is 10.1. The first-order valence-corrected chi connectivity index (χ1v) is 9.79. The van der Waals surface area contributed by atoms with Gasteiger partial charge in [-0.3, -0.25) is 4.99 Å². The molecule has 0 amide bonds. The van der Waals surface area contributed by atoms with Crippen LogP contribution in [0.1, 0.15) is 39.3 Å². The molecule has 0 fully saturated rings. The van der Waals surface area contributed by atoms with E-state index in [9.17, 15) is 5.11 Å². The zero-order valence-electron chi connectivity index (χ0n) is 16.9. The second-order valence-corrected chi connectivity index (χ2v) is 7.24. The number of aliphatic imine (C=N–C) groups is 1. The fourth-order valence-corrected chi connectivity index (χ4v) is 2.92. The molecule has 0 spiro atoms. The Hall–Kier alpha value is -2.11. The Bertz CT molecular complexity index is 725. The summed E-state index contributed by atoms with van der Waals surface area (Å²) in [5, 5.41) is 19.2. The molecule has 148 valence electrons. The van der Waals surface area contributed by atoms with Crippen LogP contribution in [0.3, 0.4) is 0 Å². The zero-order chi connectivity index (χ0) is 19.6. The average Bonchev–Trinajstić information content (AvgIpc) is 2.65. The van der Waals surface area contributed by atoms with Gasteiger partial charge in [-0.1, -0.05) is 56.3 Å². The molecule has 5 nitrogen and oxygen atoms in total. The lowest BCUT2D eigenvalue weighted by atomic mass is 10.00. The molecule has 2 rings (SSSR count). The van der Waals surface area contributed by atoms with E-state index in [-0.39, 0.29) is 6.04 Å². The summed E-state index contributed by atoms with van der Waals surface area (Å²) in [6.07, 6.45) is -0.605. The van der Waals surface area contributed by atoms with E-state index in [0.29, 0.717) is 31.6 Å². The molecular weight excluding hydrogens is 338 g/mol. The largest absolute Gasteiger partial charge is 0.389 e. The average molecular weight is 372 g/mol. The molecule has 3 N–H and O–H groups in total. The van der Waals surface area contributed by atoms with E-state index in [0.717, 1.165) is 6.54 Å². The zero-order valence-corrected chi connectivity index (χ0v) is 16.9. The van der Waals surface area contributed by atoms with Crippen LogP contribution in [-0.2, 0) is 4.74 Å². The van der Waals surface area contributed by atoms with E-state index in [1.165, 1.54) is 16.3 Å².